The van der Waals surface area contributed by atoms with E-state index in [0.29, 0.717) is 6.07 Å². The highest BCUT2D eigenvalue weighted by Gasteiger charge is 2.26. The van der Waals surface area contributed by atoms with E-state index >= 15 is 0 Å². The number of anilines is 2. The summed E-state index contributed by atoms with van der Waals surface area (Å²) < 4.78 is 57.7. The van der Waals surface area contributed by atoms with Crippen molar-refractivity contribution in [3.05, 3.63) is 86.9 Å². The van der Waals surface area contributed by atoms with Gasteiger partial charge in [0.05, 0.1) is 36.9 Å². The number of hydrogen-bond donors (Lipinski definition) is 1. The van der Waals surface area contributed by atoms with Crippen LogP contribution in [0.2, 0.25) is 0 Å². The maximum absolute atomic E-state index is 14.4. The van der Waals surface area contributed by atoms with Crippen LogP contribution in [0.4, 0.5) is 35.0 Å². The van der Waals surface area contributed by atoms with Crippen LogP contribution in [0.15, 0.2) is 42.5 Å². The fourth-order valence-electron chi connectivity index (χ4n) is 3.83. The van der Waals surface area contributed by atoms with Gasteiger partial charge in [0.25, 0.3) is 5.69 Å². The van der Waals surface area contributed by atoms with Gasteiger partial charge in [0.15, 0.2) is 11.6 Å². The van der Waals surface area contributed by atoms with Crippen LogP contribution in [0, 0.1) is 27.6 Å². The van der Waals surface area contributed by atoms with Crippen LogP contribution in [0.1, 0.15) is 42.4 Å². The summed E-state index contributed by atoms with van der Waals surface area (Å²) in [5.41, 5.74) is -1.36. The molecule has 14 heteroatoms. The van der Waals surface area contributed by atoms with Crippen molar-refractivity contribution < 1.29 is 41.9 Å². The predicted octanol–water partition coefficient (Wildman–Crippen LogP) is 5.93. The number of hydrogen-bond acceptors (Lipinski definition) is 9. The van der Waals surface area contributed by atoms with Crippen LogP contribution in [0.3, 0.4) is 0 Å². The summed E-state index contributed by atoms with van der Waals surface area (Å²) in [4.78, 5) is 41.7. The van der Waals surface area contributed by atoms with E-state index in [-0.39, 0.29) is 59.3 Å². The number of benzene rings is 2. The van der Waals surface area contributed by atoms with E-state index < -0.39 is 40.0 Å². The topological polar surface area (TPSA) is 133 Å². The number of rotatable bonds is 10. The molecule has 0 fully saturated rings. The van der Waals surface area contributed by atoms with Gasteiger partial charge in [0.1, 0.15) is 17.1 Å². The minimum absolute atomic E-state index is 0.0370. The Balaban J connectivity index is 2.01. The minimum Gasteiger partial charge on any atom is -0.481 e. The Morgan fingerprint density at radius 3 is 2.33 bits per heavy atom. The highest BCUT2D eigenvalue weighted by Crippen LogP contribution is 2.29. The zero-order valence-electron chi connectivity index (χ0n) is 23.5. The van der Waals surface area contributed by atoms with E-state index in [9.17, 15) is 32.9 Å². The maximum atomic E-state index is 14.4. The second-order valence-electron chi connectivity index (χ2n) is 9.96. The van der Waals surface area contributed by atoms with E-state index in [2.05, 4.69) is 15.0 Å². The molecular weight excluding hydrogens is 561 g/mol. The molecule has 0 saturated carbocycles. The summed E-state index contributed by atoms with van der Waals surface area (Å²) in [5.74, 6) is -4.04. The fraction of sp³-hybridized carbons (Fsp3) is 0.321. The van der Waals surface area contributed by atoms with Crippen LogP contribution < -0.4 is 10.1 Å². The molecule has 0 atom stereocenters. The van der Waals surface area contributed by atoms with Crippen molar-refractivity contribution in [3.63, 3.8) is 0 Å². The monoisotopic (exact) mass is 590 g/mol. The molecule has 2 aromatic carbocycles. The fourth-order valence-corrected chi connectivity index (χ4v) is 3.83. The molecule has 0 aliphatic rings. The molecule has 0 radical (unpaired) electrons. The lowest BCUT2D eigenvalue weighted by molar-refractivity contribution is -0.386. The standard InChI is InChI=1S/C28H29F3N4O7/c1-28(2,3)42-27(37)34(11-10-22-24(35(38)39)8-9-25(33-22)40-4)15-16-12-17(29)6-7-21(16)32-23-14-20(31)19(30)13-18(23)26(36)41-5/h6-9,12-14,32H,10-11,15H2,1-5H3. The van der Waals surface area contributed by atoms with Crippen molar-refractivity contribution in [2.45, 2.75) is 39.3 Å². The van der Waals surface area contributed by atoms with Gasteiger partial charge < -0.3 is 24.4 Å². The van der Waals surface area contributed by atoms with Crippen LogP contribution in [-0.2, 0) is 22.4 Å². The number of aromatic nitrogens is 1. The average molecular weight is 591 g/mol. The smallest absolute Gasteiger partial charge is 0.410 e. The first-order chi connectivity index (χ1) is 19.7. The molecule has 1 N–H and O–H groups in total. The number of esters is 1. The molecule has 3 aromatic rings. The number of nitrogens with zero attached hydrogens (tertiary/aromatic N) is 3. The van der Waals surface area contributed by atoms with E-state index in [4.69, 9.17) is 9.47 Å². The largest absolute Gasteiger partial charge is 0.481 e. The first-order valence-electron chi connectivity index (χ1n) is 12.5. The third kappa shape index (κ3) is 8.08. The summed E-state index contributed by atoms with van der Waals surface area (Å²) in [7, 11) is 2.42. The summed E-state index contributed by atoms with van der Waals surface area (Å²) in [6.45, 7) is 4.49. The van der Waals surface area contributed by atoms with Gasteiger partial charge in [-0.05, 0) is 50.6 Å². The molecular formula is C28H29F3N4O7. The quantitative estimate of drug-likeness (QED) is 0.173. The number of halogens is 3. The Morgan fingerprint density at radius 2 is 1.71 bits per heavy atom. The molecule has 1 amide bonds. The van der Waals surface area contributed by atoms with Crippen LogP contribution in [0.25, 0.3) is 0 Å². The highest BCUT2D eigenvalue weighted by molar-refractivity contribution is 5.96. The molecule has 0 aliphatic heterocycles. The van der Waals surface area contributed by atoms with Crippen molar-refractivity contribution in [3.8, 4) is 5.88 Å². The molecule has 0 bridgehead atoms. The molecule has 0 saturated heterocycles. The molecule has 1 heterocycles. The lowest BCUT2D eigenvalue weighted by Gasteiger charge is -2.28. The minimum atomic E-state index is -1.28. The first-order valence-corrected chi connectivity index (χ1v) is 12.5. The lowest BCUT2D eigenvalue weighted by Crippen LogP contribution is -2.38. The van der Waals surface area contributed by atoms with Gasteiger partial charge in [0, 0.05) is 36.9 Å². The number of pyridine rings is 1. The summed E-state index contributed by atoms with van der Waals surface area (Å²) in [6, 6.07) is 7.44. The number of carbonyl (C=O) groups is 2. The van der Waals surface area contributed by atoms with Crippen molar-refractivity contribution in [1.29, 1.82) is 0 Å². The first kappa shape index (κ1) is 31.6. The average Bonchev–Trinajstić information content (AvgIpc) is 2.92. The third-order valence-electron chi connectivity index (χ3n) is 5.76. The molecule has 0 unspecified atom stereocenters. The Bertz CT molecular complexity index is 1500. The molecule has 1 aromatic heterocycles. The molecule has 11 nitrogen and oxygen atoms in total. The van der Waals surface area contributed by atoms with Gasteiger partial charge in [-0.3, -0.25) is 10.1 Å². The predicted molar refractivity (Wildman–Crippen MR) is 145 cm³/mol. The Hall–Kier alpha value is -4.88. The van der Waals surface area contributed by atoms with Crippen LogP contribution in [-0.4, -0.2) is 53.2 Å². The Labute approximate surface area is 239 Å². The van der Waals surface area contributed by atoms with E-state index in [0.717, 1.165) is 25.3 Å². The molecule has 224 valence electrons. The number of nitrogens with one attached hydrogen (secondary N) is 1. The number of amides is 1. The van der Waals surface area contributed by atoms with Gasteiger partial charge >= 0.3 is 12.1 Å². The Kier molecular flexibility index (Phi) is 9.94. The number of carbonyl (C=O) groups excluding carboxylic acids is 2. The summed E-state index contributed by atoms with van der Waals surface area (Å²) in [5, 5.41) is 14.3. The van der Waals surface area contributed by atoms with Crippen molar-refractivity contribution >= 4 is 29.1 Å². The second-order valence-corrected chi connectivity index (χ2v) is 9.96. The van der Waals surface area contributed by atoms with Gasteiger partial charge in [0.2, 0.25) is 5.88 Å². The maximum Gasteiger partial charge on any atom is 0.410 e. The van der Waals surface area contributed by atoms with Crippen molar-refractivity contribution in [1.82, 2.24) is 9.88 Å². The molecule has 0 spiro atoms. The highest BCUT2D eigenvalue weighted by atomic mass is 19.2. The van der Waals surface area contributed by atoms with E-state index in [1.807, 2.05) is 0 Å². The molecule has 42 heavy (non-hydrogen) atoms. The van der Waals surface area contributed by atoms with E-state index in [1.54, 1.807) is 20.8 Å². The molecule has 0 aliphatic carbocycles. The zero-order chi connectivity index (χ0) is 31.2. The van der Waals surface area contributed by atoms with Gasteiger partial charge in [-0.1, -0.05) is 0 Å². The van der Waals surface area contributed by atoms with Gasteiger partial charge in [-0.2, -0.15) is 0 Å². The Morgan fingerprint density at radius 1 is 1.02 bits per heavy atom. The van der Waals surface area contributed by atoms with Gasteiger partial charge in [-0.15, -0.1) is 0 Å². The van der Waals surface area contributed by atoms with Crippen molar-refractivity contribution in [2.24, 2.45) is 0 Å². The molecule has 3 rings (SSSR count). The van der Waals surface area contributed by atoms with Crippen molar-refractivity contribution in [2.75, 3.05) is 26.1 Å². The summed E-state index contributed by atoms with van der Waals surface area (Å²) >= 11 is 0. The second kappa shape index (κ2) is 13.2. The summed E-state index contributed by atoms with van der Waals surface area (Å²) in [6.07, 6.45) is -0.910. The SMILES string of the molecule is COC(=O)c1cc(F)c(F)cc1Nc1ccc(F)cc1CN(CCc1nc(OC)ccc1[N+](=O)[O-])C(=O)OC(C)(C)C. The normalized spacial score (nSPS) is 11.0. The third-order valence-corrected chi connectivity index (χ3v) is 5.76. The van der Waals surface area contributed by atoms with Crippen LogP contribution in [0.5, 0.6) is 5.88 Å². The number of nitro groups is 1. The van der Waals surface area contributed by atoms with Gasteiger partial charge in [-0.25, -0.2) is 27.7 Å². The van der Waals surface area contributed by atoms with E-state index in [1.165, 1.54) is 30.2 Å². The number of methoxy groups -OCH3 is 2. The number of ether oxygens (including phenoxy) is 3. The van der Waals surface area contributed by atoms with Crippen LogP contribution >= 0.6 is 0 Å². The lowest BCUT2D eigenvalue weighted by atomic mass is 10.1. The zero-order valence-corrected chi connectivity index (χ0v) is 23.5.